The molecule has 1 aliphatic carbocycles. The third-order valence-electron chi connectivity index (χ3n) is 5.39. The number of hydrogen-bond acceptors (Lipinski definition) is 4. The van der Waals surface area contributed by atoms with Crippen molar-refractivity contribution in [1.29, 1.82) is 0 Å². The summed E-state index contributed by atoms with van der Waals surface area (Å²) in [6.45, 7) is 1.96. The molecule has 2 unspecified atom stereocenters. The van der Waals surface area contributed by atoms with Gasteiger partial charge in [0.25, 0.3) is 0 Å². The van der Waals surface area contributed by atoms with Crippen LogP contribution in [0, 0.1) is 0 Å². The topological polar surface area (TPSA) is 52.7 Å². The Balaban J connectivity index is 1.54. The molecule has 2 atom stereocenters. The molecule has 3 fully saturated rings. The van der Waals surface area contributed by atoms with Crippen LogP contribution in [-0.4, -0.2) is 59.9 Å². The second-order valence-corrected chi connectivity index (χ2v) is 6.84. The zero-order chi connectivity index (χ0) is 14.8. The van der Waals surface area contributed by atoms with Crippen LogP contribution in [0.4, 0.5) is 0 Å². The highest BCUT2D eigenvalue weighted by Crippen LogP contribution is 2.28. The summed E-state index contributed by atoms with van der Waals surface area (Å²) in [6.07, 6.45) is 8.35. The highest BCUT2D eigenvalue weighted by Gasteiger charge is 2.42. The summed E-state index contributed by atoms with van der Waals surface area (Å²) in [5.41, 5.74) is 0. The number of hydrogen-bond donors (Lipinski definition) is 1. The Morgan fingerprint density at radius 3 is 2.52 bits per heavy atom. The standard InChI is InChI=1S/C16H27N3O2/c1-18-9-5-4-8-13(18)11-17-14-10-15(20)19(16(14)21)12-6-2-3-7-12/h12-14,17H,2-11H2,1H3. The van der Waals surface area contributed by atoms with E-state index in [0.717, 1.165) is 38.8 Å². The Morgan fingerprint density at radius 1 is 1.10 bits per heavy atom. The van der Waals surface area contributed by atoms with E-state index in [1.807, 2.05) is 0 Å². The minimum atomic E-state index is -0.284. The molecule has 21 heavy (non-hydrogen) atoms. The van der Waals surface area contributed by atoms with E-state index in [0.29, 0.717) is 12.5 Å². The van der Waals surface area contributed by atoms with E-state index in [2.05, 4.69) is 17.3 Å². The van der Waals surface area contributed by atoms with Crippen molar-refractivity contribution in [3.8, 4) is 0 Å². The number of likely N-dealkylation sites (tertiary alicyclic amines) is 2. The van der Waals surface area contributed by atoms with Gasteiger partial charge >= 0.3 is 0 Å². The summed E-state index contributed by atoms with van der Waals surface area (Å²) >= 11 is 0. The second-order valence-electron chi connectivity index (χ2n) is 6.84. The molecule has 2 aliphatic heterocycles. The first-order chi connectivity index (χ1) is 10.2. The fourth-order valence-electron chi connectivity index (χ4n) is 4.04. The molecule has 1 saturated carbocycles. The van der Waals surface area contributed by atoms with Crippen LogP contribution in [0.1, 0.15) is 51.4 Å². The van der Waals surface area contributed by atoms with Crippen LogP contribution in [0.5, 0.6) is 0 Å². The average Bonchev–Trinajstić information content (AvgIpc) is 3.07. The second kappa shape index (κ2) is 6.44. The van der Waals surface area contributed by atoms with E-state index in [-0.39, 0.29) is 23.9 Å². The van der Waals surface area contributed by atoms with Crippen LogP contribution in [-0.2, 0) is 9.59 Å². The number of imide groups is 1. The average molecular weight is 293 g/mol. The number of piperidine rings is 1. The first-order valence-corrected chi connectivity index (χ1v) is 8.46. The van der Waals surface area contributed by atoms with Gasteiger partial charge in [-0.3, -0.25) is 14.5 Å². The quantitative estimate of drug-likeness (QED) is 0.790. The molecule has 118 valence electrons. The molecule has 0 aromatic heterocycles. The van der Waals surface area contributed by atoms with Crippen LogP contribution in [0.2, 0.25) is 0 Å². The maximum atomic E-state index is 12.5. The van der Waals surface area contributed by atoms with Gasteiger partial charge < -0.3 is 10.2 Å². The lowest BCUT2D eigenvalue weighted by atomic mass is 10.0. The van der Waals surface area contributed by atoms with Gasteiger partial charge in [-0.15, -0.1) is 0 Å². The summed E-state index contributed by atoms with van der Waals surface area (Å²) in [5, 5.41) is 3.36. The Hall–Kier alpha value is -0.940. The Bertz CT molecular complexity index is 406. The minimum Gasteiger partial charge on any atom is -0.304 e. The van der Waals surface area contributed by atoms with Gasteiger partial charge in [0.05, 0.1) is 12.5 Å². The van der Waals surface area contributed by atoms with Crippen LogP contribution in [0.15, 0.2) is 0 Å². The number of rotatable bonds is 4. The van der Waals surface area contributed by atoms with Crippen molar-refractivity contribution in [3.63, 3.8) is 0 Å². The van der Waals surface area contributed by atoms with Gasteiger partial charge in [-0.25, -0.2) is 0 Å². The zero-order valence-electron chi connectivity index (χ0n) is 13.0. The number of nitrogens with one attached hydrogen (secondary N) is 1. The molecule has 5 nitrogen and oxygen atoms in total. The van der Waals surface area contributed by atoms with Crippen LogP contribution in [0.3, 0.4) is 0 Å². The summed E-state index contributed by atoms with van der Waals surface area (Å²) in [4.78, 5) is 28.6. The molecule has 0 aromatic rings. The molecular weight excluding hydrogens is 266 g/mol. The number of carbonyl (C=O) groups is 2. The molecule has 3 rings (SSSR count). The summed E-state index contributed by atoms with van der Waals surface area (Å²) < 4.78 is 0. The van der Waals surface area contributed by atoms with E-state index in [1.54, 1.807) is 4.90 Å². The molecule has 2 amide bonds. The Morgan fingerprint density at radius 2 is 1.81 bits per heavy atom. The highest BCUT2D eigenvalue weighted by molar-refractivity contribution is 6.05. The maximum absolute atomic E-state index is 12.5. The molecule has 0 radical (unpaired) electrons. The van der Waals surface area contributed by atoms with Crippen molar-refractivity contribution in [2.75, 3.05) is 20.1 Å². The molecule has 2 heterocycles. The van der Waals surface area contributed by atoms with Gasteiger partial charge in [0, 0.05) is 18.6 Å². The third kappa shape index (κ3) is 3.14. The van der Waals surface area contributed by atoms with Gasteiger partial charge in [0.2, 0.25) is 11.8 Å². The van der Waals surface area contributed by atoms with Crippen molar-refractivity contribution in [3.05, 3.63) is 0 Å². The number of amides is 2. The lowest BCUT2D eigenvalue weighted by Crippen LogP contribution is -2.48. The largest absolute Gasteiger partial charge is 0.304 e. The van der Waals surface area contributed by atoms with Crippen molar-refractivity contribution in [2.45, 2.75) is 69.5 Å². The normalized spacial score (nSPS) is 32.3. The molecule has 5 heteroatoms. The molecular formula is C16H27N3O2. The zero-order valence-corrected chi connectivity index (χ0v) is 13.0. The van der Waals surface area contributed by atoms with Crippen LogP contribution in [0.25, 0.3) is 0 Å². The number of likely N-dealkylation sites (N-methyl/N-ethyl adjacent to an activating group) is 1. The predicted molar refractivity (Wildman–Crippen MR) is 80.8 cm³/mol. The molecule has 2 saturated heterocycles. The van der Waals surface area contributed by atoms with E-state index in [1.165, 1.54) is 19.3 Å². The van der Waals surface area contributed by atoms with Crippen molar-refractivity contribution < 1.29 is 9.59 Å². The van der Waals surface area contributed by atoms with Gasteiger partial charge in [-0.1, -0.05) is 19.3 Å². The van der Waals surface area contributed by atoms with Crippen LogP contribution >= 0.6 is 0 Å². The molecule has 0 aromatic carbocycles. The first kappa shape index (κ1) is 15.0. The highest BCUT2D eigenvalue weighted by atomic mass is 16.2. The van der Waals surface area contributed by atoms with Gasteiger partial charge in [0.1, 0.15) is 0 Å². The first-order valence-electron chi connectivity index (χ1n) is 8.46. The predicted octanol–water partition coefficient (Wildman–Crippen LogP) is 1.13. The lowest BCUT2D eigenvalue weighted by Gasteiger charge is -2.33. The van der Waals surface area contributed by atoms with Gasteiger partial charge in [-0.05, 0) is 39.3 Å². The van der Waals surface area contributed by atoms with Gasteiger partial charge in [-0.2, -0.15) is 0 Å². The van der Waals surface area contributed by atoms with E-state index in [4.69, 9.17) is 0 Å². The maximum Gasteiger partial charge on any atom is 0.247 e. The SMILES string of the molecule is CN1CCCCC1CNC1CC(=O)N(C2CCCC2)C1=O. The fourth-order valence-corrected chi connectivity index (χ4v) is 4.04. The van der Waals surface area contributed by atoms with E-state index >= 15 is 0 Å². The monoisotopic (exact) mass is 293 g/mol. The summed E-state index contributed by atoms with van der Waals surface area (Å²) in [6, 6.07) is 0.393. The van der Waals surface area contributed by atoms with Crippen molar-refractivity contribution in [2.24, 2.45) is 0 Å². The Kier molecular flexibility index (Phi) is 4.60. The molecule has 3 aliphatic rings. The number of carbonyl (C=O) groups excluding carboxylic acids is 2. The van der Waals surface area contributed by atoms with E-state index in [9.17, 15) is 9.59 Å². The lowest BCUT2D eigenvalue weighted by molar-refractivity contribution is -0.141. The minimum absolute atomic E-state index is 0.0189. The van der Waals surface area contributed by atoms with Crippen LogP contribution < -0.4 is 5.32 Å². The third-order valence-corrected chi connectivity index (χ3v) is 5.39. The molecule has 1 N–H and O–H groups in total. The van der Waals surface area contributed by atoms with Crippen molar-refractivity contribution in [1.82, 2.24) is 15.1 Å². The number of nitrogens with zero attached hydrogens (tertiary/aromatic N) is 2. The van der Waals surface area contributed by atoms with Crippen molar-refractivity contribution >= 4 is 11.8 Å². The fraction of sp³-hybridized carbons (Fsp3) is 0.875. The van der Waals surface area contributed by atoms with E-state index < -0.39 is 0 Å². The molecule has 0 spiro atoms. The summed E-state index contributed by atoms with van der Waals surface area (Å²) in [5.74, 6) is 0.0479. The molecule has 0 bridgehead atoms. The van der Waals surface area contributed by atoms with Gasteiger partial charge in [0.15, 0.2) is 0 Å². The Labute approximate surface area is 127 Å². The smallest absolute Gasteiger partial charge is 0.247 e. The summed E-state index contributed by atoms with van der Waals surface area (Å²) in [7, 11) is 2.15.